The molecule has 3 aromatic rings. The number of aliphatic hydroxyl groups is 1. The van der Waals surface area contributed by atoms with Crippen molar-refractivity contribution < 1.29 is 14.6 Å². The second-order valence-corrected chi connectivity index (χ2v) is 11.0. The summed E-state index contributed by atoms with van der Waals surface area (Å²) in [6.45, 7) is 7.64. The molecule has 0 saturated carbocycles. The van der Waals surface area contributed by atoms with E-state index in [2.05, 4.69) is 65.6 Å². The molecule has 1 heterocycles. The lowest BCUT2D eigenvalue weighted by atomic mass is 9.92. The molecule has 1 aliphatic heterocycles. The second-order valence-electron chi connectivity index (χ2n) is 11.0. The number of hydrogen-bond donors (Lipinski definition) is 1. The summed E-state index contributed by atoms with van der Waals surface area (Å²) in [4.78, 5) is 17.2. The Kier molecular flexibility index (Phi) is 9.01. The van der Waals surface area contributed by atoms with Gasteiger partial charge in [0.05, 0.1) is 12.1 Å². The molecular formula is C32H40N2O3. The van der Waals surface area contributed by atoms with E-state index < -0.39 is 11.7 Å². The molecule has 1 N–H and O–H groups in total. The van der Waals surface area contributed by atoms with Crippen LogP contribution in [0, 0.1) is 0 Å². The second kappa shape index (κ2) is 12.4. The minimum absolute atomic E-state index is 0.198. The van der Waals surface area contributed by atoms with Gasteiger partial charge in [0, 0.05) is 25.7 Å². The molecule has 5 heteroatoms. The Morgan fingerprint density at radius 3 is 1.86 bits per heavy atom. The molecule has 0 radical (unpaired) electrons. The van der Waals surface area contributed by atoms with E-state index in [9.17, 15) is 9.90 Å². The van der Waals surface area contributed by atoms with E-state index in [0.717, 1.165) is 12.8 Å². The number of hydrogen-bond acceptors (Lipinski definition) is 4. The number of rotatable bonds is 9. The molecule has 1 fully saturated rings. The average Bonchev–Trinajstić information content (AvgIpc) is 3.38. The van der Waals surface area contributed by atoms with Crippen LogP contribution < -0.4 is 0 Å². The zero-order chi connectivity index (χ0) is 26.3. The van der Waals surface area contributed by atoms with Crippen molar-refractivity contribution in [2.75, 3.05) is 6.54 Å². The van der Waals surface area contributed by atoms with E-state index in [1.807, 2.05) is 51.1 Å². The number of amides is 1. The molecule has 0 bridgehead atoms. The molecule has 1 unspecified atom stereocenters. The van der Waals surface area contributed by atoms with E-state index in [4.69, 9.17) is 4.74 Å². The highest BCUT2D eigenvalue weighted by Crippen LogP contribution is 2.29. The normalized spacial score (nSPS) is 17.5. The molecule has 0 aliphatic carbocycles. The van der Waals surface area contributed by atoms with Crippen LogP contribution in [0.1, 0.15) is 50.3 Å². The van der Waals surface area contributed by atoms with E-state index in [1.165, 1.54) is 16.7 Å². The fourth-order valence-corrected chi connectivity index (χ4v) is 5.20. The van der Waals surface area contributed by atoms with Gasteiger partial charge in [-0.05, 0) is 56.7 Å². The Bertz CT molecular complexity index is 1060. The van der Waals surface area contributed by atoms with Crippen LogP contribution in [0.3, 0.4) is 0 Å². The summed E-state index contributed by atoms with van der Waals surface area (Å²) in [6, 6.07) is 30.6. The highest BCUT2D eigenvalue weighted by Gasteiger charge is 2.41. The third-order valence-corrected chi connectivity index (χ3v) is 6.93. The first kappa shape index (κ1) is 26.9. The van der Waals surface area contributed by atoms with E-state index in [0.29, 0.717) is 26.1 Å². The Labute approximate surface area is 221 Å². The molecule has 0 spiro atoms. The van der Waals surface area contributed by atoms with Gasteiger partial charge < -0.3 is 14.7 Å². The van der Waals surface area contributed by atoms with Crippen LogP contribution in [0.15, 0.2) is 91.0 Å². The van der Waals surface area contributed by atoms with Gasteiger partial charge in [-0.2, -0.15) is 0 Å². The summed E-state index contributed by atoms with van der Waals surface area (Å²) in [5, 5.41) is 12.0. The van der Waals surface area contributed by atoms with Crippen molar-refractivity contribution in [2.24, 2.45) is 0 Å². The van der Waals surface area contributed by atoms with E-state index in [1.54, 1.807) is 4.90 Å². The van der Waals surface area contributed by atoms with Gasteiger partial charge in [0.2, 0.25) is 0 Å². The molecular weight excluding hydrogens is 460 g/mol. The van der Waals surface area contributed by atoms with Crippen molar-refractivity contribution in [3.05, 3.63) is 108 Å². The zero-order valence-corrected chi connectivity index (χ0v) is 22.3. The van der Waals surface area contributed by atoms with Crippen molar-refractivity contribution in [1.82, 2.24) is 9.80 Å². The van der Waals surface area contributed by atoms with Crippen molar-refractivity contribution in [2.45, 2.75) is 76.9 Å². The average molecular weight is 501 g/mol. The molecule has 1 saturated heterocycles. The van der Waals surface area contributed by atoms with Gasteiger partial charge in [-0.3, -0.25) is 4.90 Å². The maximum Gasteiger partial charge on any atom is 0.410 e. The van der Waals surface area contributed by atoms with E-state index in [-0.39, 0.29) is 18.2 Å². The number of carbonyl (C=O) groups excluding carboxylic acids is 1. The van der Waals surface area contributed by atoms with Crippen LogP contribution in [0.5, 0.6) is 0 Å². The quantitative estimate of drug-likeness (QED) is 0.388. The largest absolute Gasteiger partial charge is 0.444 e. The molecule has 0 aromatic heterocycles. The van der Waals surface area contributed by atoms with Crippen molar-refractivity contribution in [1.29, 1.82) is 0 Å². The van der Waals surface area contributed by atoms with Crippen molar-refractivity contribution in [3.8, 4) is 0 Å². The smallest absolute Gasteiger partial charge is 0.410 e. The van der Waals surface area contributed by atoms with E-state index >= 15 is 0 Å². The van der Waals surface area contributed by atoms with Crippen LogP contribution in [-0.2, 0) is 24.2 Å². The lowest BCUT2D eigenvalue weighted by Crippen LogP contribution is -2.54. The van der Waals surface area contributed by atoms with Crippen molar-refractivity contribution in [3.63, 3.8) is 0 Å². The fourth-order valence-electron chi connectivity index (χ4n) is 5.20. The fraction of sp³-hybridized carbons (Fsp3) is 0.406. The van der Waals surface area contributed by atoms with Crippen LogP contribution in [0.4, 0.5) is 4.79 Å². The minimum atomic E-state index is -0.734. The van der Waals surface area contributed by atoms with Crippen LogP contribution >= 0.6 is 0 Å². The monoisotopic (exact) mass is 500 g/mol. The lowest BCUT2D eigenvalue weighted by molar-refractivity contribution is -0.0250. The number of ether oxygens (including phenoxy) is 1. The lowest BCUT2D eigenvalue weighted by Gasteiger charge is -2.40. The van der Waals surface area contributed by atoms with Crippen LogP contribution in [0.2, 0.25) is 0 Å². The molecule has 3 aromatic carbocycles. The molecule has 1 aliphatic rings. The molecule has 4 rings (SSSR count). The molecule has 1 amide bonds. The van der Waals surface area contributed by atoms with Gasteiger partial charge in [0.1, 0.15) is 5.60 Å². The maximum absolute atomic E-state index is 13.1. The van der Waals surface area contributed by atoms with Crippen LogP contribution in [0.25, 0.3) is 0 Å². The summed E-state index contributed by atoms with van der Waals surface area (Å²) >= 11 is 0. The van der Waals surface area contributed by atoms with Crippen molar-refractivity contribution >= 4 is 6.09 Å². The molecule has 196 valence electrons. The molecule has 37 heavy (non-hydrogen) atoms. The molecule has 3 atom stereocenters. The number of aliphatic hydroxyl groups excluding tert-OH is 1. The summed E-state index contributed by atoms with van der Waals surface area (Å²) in [5.41, 5.74) is 2.98. The Hall–Kier alpha value is -3.15. The third-order valence-electron chi connectivity index (χ3n) is 6.93. The highest BCUT2D eigenvalue weighted by atomic mass is 16.6. The first-order chi connectivity index (χ1) is 17.8. The predicted molar refractivity (Wildman–Crippen MR) is 148 cm³/mol. The third kappa shape index (κ3) is 7.67. The number of benzene rings is 3. The minimum Gasteiger partial charge on any atom is -0.444 e. The highest BCUT2D eigenvalue weighted by molar-refractivity contribution is 5.69. The topological polar surface area (TPSA) is 53.0 Å². The van der Waals surface area contributed by atoms with Gasteiger partial charge in [-0.25, -0.2) is 4.79 Å². The van der Waals surface area contributed by atoms with Gasteiger partial charge in [0.25, 0.3) is 0 Å². The summed E-state index contributed by atoms with van der Waals surface area (Å²) < 4.78 is 5.71. The number of nitrogens with zero attached hydrogens (tertiary/aromatic N) is 2. The van der Waals surface area contributed by atoms with Gasteiger partial charge in [-0.1, -0.05) is 91.0 Å². The first-order valence-corrected chi connectivity index (χ1v) is 13.3. The Morgan fingerprint density at radius 2 is 1.38 bits per heavy atom. The summed E-state index contributed by atoms with van der Waals surface area (Å²) in [5.74, 6) is 0. The zero-order valence-electron chi connectivity index (χ0n) is 22.3. The Balaban J connectivity index is 1.67. The predicted octanol–water partition coefficient (Wildman–Crippen LogP) is 6.06. The number of likely N-dealkylation sites (tertiary alicyclic amines) is 1. The first-order valence-electron chi connectivity index (χ1n) is 13.3. The van der Waals surface area contributed by atoms with Gasteiger partial charge in [0.15, 0.2) is 0 Å². The van der Waals surface area contributed by atoms with Gasteiger partial charge in [-0.15, -0.1) is 0 Å². The number of carbonyl (C=O) groups is 1. The molecule has 5 nitrogen and oxygen atoms in total. The summed E-state index contributed by atoms with van der Waals surface area (Å²) in [7, 11) is 0. The van der Waals surface area contributed by atoms with Gasteiger partial charge >= 0.3 is 6.09 Å². The standard InChI is InChI=1S/C32H40N2O3/c1-32(2,3)37-31(36)34-21-13-20-28(34)30(35)29(22-25-14-7-4-8-15-25)33(23-26-16-9-5-10-17-26)24-27-18-11-6-12-19-27/h4-12,14-19,28-30,35H,13,20-24H2,1-3H3/t28?,29-,30-/m0/s1. The Morgan fingerprint density at radius 1 is 0.892 bits per heavy atom. The van der Waals surface area contributed by atoms with Crippen LogP contribution in [-0.4, -0.2) is 51.3 Å². The summed E-state index contributed by atoms with van der Waals surface area (Å²) in [6.07, 6.45) is 1.22. The SMILES string of the molecule is CC(C)(C)OC(=O)N1CCCC1[C@H](O)[C@H](Cc1ccccc1)N(Cc1ccccc1)Cc1ccccc1. The maximum atomic E-state index is 13.1.